The van der Waals surface area contributed by atoms with Crippen molar-refractivity contribution in [1.29, 1.82) is 0 Å². The predicted molar refractivity (Wildman–Crippen MR) is 140 cm³/mol. The number of oxazole rings is 1. The third-order valence-corrected chi connectivity index (χ3v) is 6.82. The summed E-state index contributed by atoms with van der Waals surface area (Å²) >= 11 is 0. The van der Waals surface area contributed by atoms with Crippen molar-refractivity contribution in [1.82, 2.24) is 19.9 Å². The zero-order valence-corrected chi connectivity index (χ0v) is 20.7. The van der Waals surface area contributed by atoms with Gasteiger partial charge in [0, 0.05) is 32.0 Å². The lowest BCUT2D eigenvalue weighted by molar-refractivity contribution is 0.0540. The van der Waals surface area contributed by atoms with Crippen LogP contribution >= 0.6 is 0 Å². The van der Waals surface area contributed by atoms with Crippen LogP contribution in [0.1, 0.15) is 48.4 Å². The van der Waals surface area contributed by atoms with Gasteiger partial charge in [0.1, 0.15) is 5.52 Å². The second-order valence-corrected chi connectivity index (χ2v) is 9.63. The number of nitrogens with zero attached hydrogens (tertiary/aromatic N) is 4. The summed E-state index contributed by atoms with van der Waals surface area (Å²) in [5, 5.41) is 3.36. The summed E-state index contributed by atoms with van der Waals surface area (Å²) < 4.78 is 5.89. The van der Waals surface area contributed by atoms with Gasteiger partial charge in [-0.3, -0.25) is 4.79 Å². The Kier molecular flexibility index (Phi) is 6.24. The smallest absolute Gasteiger partial charge is 0.295 e. The van der Waals surface area contributed by atoms with Crippen LogP contribution < -0.4 is 5.32 Å². The first-order valence-electron chi connectivity index (χ1n) is 12.2. The summed E-state index contributed by atoms with van der Waals surface area (Å²) in [6.45, 7) is 9.47. The normalized spacial score (nSPS) is 18.1. The van der Waals surface area contributed by atoms with E-state index < -0.39 is 0 Å². The van der Waals surface area contributed by atoms with Crippen molar-refractivity contribution in [3.63, 3.8) is 0 Å². The van der Waals surface area contributed by atoms with Gasteiger partial charge >= 0.3 is 0 Å². The summed E-state index contributed by atoms with van der Waals surface area (Å²) in [6.07, 6.45) is 3.79. The van der Waals surface area contributed by atoms with Gasteiger partial charge in [-0.2, -0.15) is 4.98 Å². The SMILES string of the molecule is Cc1ccc(-c2nccc(C)n2)c(C(=O)N2CCCC(C)[C@H]2CNc2nc3cc(C)ccc3o2)c1.[HH]. The second-order valence-electron chi connectivity index (χ2n) is 9.63. The zero-order chi connectivity index (χ0) is 24.5. The molecule has 1 aliphatic heterocycles. The van der Waals surface area contributed by atoms with E-state index in [1.54, 1.807) is 6.20 Å². The van der Waals surface area contributed by atoms with Gasteiger partial charge in [0.2, 0.25) is 0 Å². The van der Waals surface area contributed by atoms with Crippen molar-refractivity contribution >= 4 is 23.0 Å². The van der Waals surface area contributed by atoms with Crippen molar-refractivity contribution < 1.29 is 10.6 Å². The highest BCUT2D eigenvalue weighted by Crippen LogP contribution is 2.29. The molecule has 0 aliphatic carbocycles. The molecule has 0 spiro atoms. The van der Waals surface area contributed by atoms with Crippen LogP contribution in [0.15, 0.2) is 53.1 Å². The van der Waals surface area contributed by atoms with Gasteiger partial charge in [-0.25, -0.2) is 9.97 Å². The Balaban J connectivity index is 0.00000304. The maximum absolute atomic E-state index is 14.0. The topological polar surface area (TPSA) is 84.2 Å². The summed E-state index contributed by atoms with van der Waals surface area (Å²) in [5.74, 6) is 0.936. The molecular formula is C28H33N5O2. The molecule has 1 saturated heterocycles. The van der Waals surface area contributed by atoms with E-state index in [4.69, 9.17) is 4.42 Å². The maximum atomic E-state index is 14.0. The second kappa shape index (κ2) is 9.49. The third-order valence-electron chi connectivity index (χ3n) is 6.82. The Hall–Kier alpha value is -3.74. The summed E-state index contributed by atoms with van der Waals surface area (Å²) in [7, 11) is 0. The van der Waals surface area contributed by atoms with Crippen LogP contribution in [0.5, 0.6) is 0 Å². The van der Waals surface area contributed by atoms with Crippen LogP contribution in [0.4, 0.5) is 6.01 Å². The molecule has 1 unspecified atom stereocenters. The van der Waals surface area contributed by atoms with E-state index in [0.717, 1.165) is 46.3 Å². The number of benzene rings is 2. The van der Waals surface area contributed by atoms with Crippen molar-refractivity contribution in [2.45, 2.75) is 46.6 Å². The fourth-order valence-electron chi connectivity index (χ4n) is 4.88. The number of aryl methyl sites for hydroxylation is 3. The lowest BCUT2D eigenvalue weighted by atomic mass is 9.89. The van der Waals surface area contributed by atoms with Crippen LogP contribution in [-0.2, 0) is 0 Å². The Morgan fingerprint density at radius 2 is 1.91 bits per heavy atom. The maximum Gasteiger partial charge on any atom is 0.295 e. The Morgan fingerprint density at radius 1 is 1.11 bits per heavy atom. The summed E-state index contributed by atoms with van der Waals surface area (Å²) in [6, 6.07) is 14.2. The first-order chi connectivity index (χ1) is 16.9. The number of fused-ring (bicyclic) bond motifs is 1. The molecule has 3 heterocycles. The average Bonchev–Trinajstić information content (AvgIpc) is 3.24. The molecule has 7 nitrogen and oxygen atoms in total. The molecule has 1 fully saturated rings. The number of hydrogen-bond donors (Lipinski definition) is 1. The van der Waals surface area contributed by atoms with Crippen molar-refractivity contribution in [3.8, 4) is 11.4 Å². The van der Waals surface area contributed by atoms with Gasteiger partial charge < -0.3 is 14.6 Å². The van der Waals surface area contributed by atoms with Crippen molar-refractivity contribution in [2.24, 2.45) is 5.92 Å². The molecule has 2 aromatic heterocycles. The van der Waals surface area contributed by atoms with E-state index in [1.165, 1.54) is 0 Å². The Bertz CT molecular complexity index is 1390. The minimum Gasteiger partial charge on any atom is -0.424 e. The number of anilines is 1. The van der Waals surface area contributed by atoms with Gasteiger partial charge in [-0.1, -0.05) is 30.7 Å². The fourth-order valence-corrected chi connectivity index (χ4v) is 4.88. The van der Waals surface area contributed by atoms with Crippen LogP contribution in [-0.4, -0.2) is 44.9 Å². The minimum absolute atomic E-state index is 0. The molecule has 1 N–H and O–H groups in total. The summed E-state index contributed by atoms with van der Waals surface area (Å²) in [4.78, 5) is 29.6. The van der Waals surface area contributed by atoms with E-state index >= 15 is 0 Å². The van der Waals surface area contributed by atoms with Crippen LogP contribution in [0, 0.1) is 26.7 Å². The average molecular weight is 472 g/mol. The molecule has 2 atom stereocenters. The molecule has 182 valence electrons. The number of nitrogens with one attached hydrogen (secondary N) is 1. The molecule has 2 aromatic carbocycles. The number of aromatic nitrogens is 3. The van der Waals surface area contributed by atoms with Gasteiger partial charge in [-0.05, 0) is 69.4 Å². The highest BCUT2D eigenvalue weighted by molar-refractivity contribution is 6.00. The van der Waals surface area contributed by atoms with Crippen LogP contribution in [0.3, 0.4) is 0 Å². The van der Waals surface area contributed by atoms with E-state index in [-0.39, 0.29) is 13.4 Å². The molecule has 1 amide bonds. The van der Waals surface area contributed by atoms with Crippen molar-refractivity contribution in [3.05, 3.63) is 71.0 Å². The van der Waals surface area contributed by atoms with Crippen LogP contribution in [0.25, 0.3) is 22.5 Å². The number of amides is 1. The Morgan fingerprint density at radius 3 is 2.74 bits per heavy atom. The predicted octanol–water partition coefficient (Wildman–Crippen LogP) is 5.81. The molecule has 0 saturated carbocycles. The van der Waals surface area contributed by atoms with Gasteiger partial charge in [0.05, 0.1) is 11.6 Å². The fraction of sp³-hybridized carbons (Fsp3) is 0.357. The molecule has 1 aliphatic rings. The molecule has 5 rings (SSSR count). The molecule has 35 heavy (non-hydrogen) atoms. The van der Waals surface area contributed by atoms with Gasteiger partial charge in [0.25, 0.3) is 11.9 Å². The monoisotopic (exact) mass is 471 g/mol. The first-order valence-corrected chi connectivity index (χ1v) is 12.2. The lowest BCUT2D eigenvalue weighted by Crippen LogP contribution is -2.51. The first kappa shape index (κ1) is 23.0. The molecule has 0 radical (unpaired) electrons. The van der Waals surface area contributed by atoms with Crippen molar-refractivity contribution in [2.75, 3.05) is 18.4 Å². The summed E-state index contributed by atoms with van der Waals surface area (Å²) in [5.41, 5.74) is 6.05. The highest BCUT2D eigenvalue weighted by Gasteiger charge is 2.33. The molecule has 4 aromatic rings. The van der Waals surface area contributed by atoms with E-state index in [0.29, 0.717) is 36.4 Å². The molecule has 7 heteroatoms. The quantitative estimate of drug-likeness (QED) is 0.395. The van der Waals surface area contributed by atoms with Gasteiger partial charge in [-0.15, -0.1) is 0 Å². The number of carbonyl (C=O) groups excluding carboxylic acids is 1. The van der Waals surface area contributed by atoms with E-state index in [9.17, 15) is 4.79 Å². The lowest BCUT2D eigenvalue weighted by Gasteiger charge is -2.40. The molecular weight excluding hydrogens is 438 g/mol. The standard InChI is InChI=1S/C28H31N5O2.H2/c1-17-7-9-21(26-29-12-11-20(4)31-26)22(14-17)27(34)33-13-5-6-19(3)24(33)16-30-28-32-23-15-18(2)8-10-25(23)35-28;/h7-12,14-15,19,24H,5-6,13,16H2,1-4H3,(H,30,32);1H/t19?,24-;/m1./s1. The number of hydrogen-bond acceptors (Lipinski definition) is 6. The number of piperidine rings is 1. The molecule has 0 bridgehead atoms. The van der Waals surface area contributed by atoms with E-state index in [2.05, 4.69) is 27.2 Å². The Labute approximate surface area is 207 Å². The number of likely N-dealkylation sites (tertiary alicyclic amines) is 1. The number of carbonyl (C=O) groups is 1. The zero-order valence-electron chi connectivity index (χ0n) is 20.7. The number of rotatable bonds is 5. The third kappa shape index (κ3) is 4.76. The largest absolute Gasteiger partial charge is 0.424 e. The highest BCUT2D eigenvalue weighted by atomic mass is 16.4. The van der Waals surface area contributed by atoms with Crippen LogP contribution in [0.2, 0.25) is 0 Å². The minimum atomic E-state index is 0. The van der Waals surface area contributed by atoms with Gasteiger partial charge in [0.15, 0.2) is 11.4 Å². The van der Waals surface area contributed by atoms with E-state index in [1.807, 2.05) is 68.1 Å².